The van der Waals surface area contributed by atoms with Crippen LogP contribution in [0.3, 0.4) is 0 Å². The maximum atomic E-state index is 12.5. The van der Waals surface area contributed by atoms with Gasteiger partial charge in [-0.2, -0.15) is 0 Å². The minimum absolute atomic E-state index is 0.0996. The molecular formula is C20H19NO5. The van der Waals surface area contributed by atoms with Gasteiger partial charge in [-0.05, 0) is 24.6 Å². The van der Waals surface area contributed by atoms with Crippen LogP contribution in [0.5, 0.6) is 0 Å². The third-order valence-corrected chi connectivity index (χ3v) is 4.23. The predicted molar refractivity (Wildman–Crippen MR) is 94.6 cm³/mol. The van der Waals surface area contributed by atoms with E-state index in [0.717, 1.165) is 5.56 Å². The van der Waals surface area contributed by atoms with E-state index in [0.29, 0.717) is 16.8 Å². The summed E-state index contributed by atoms with van der Waals surface area (Å²) in [5, 5.41) is 0. The molecule has 0 amide bonds. The molecule has 134 valence electrons. The van der Waals surface area contributed by atoms with E-state index in [2.05, 4.69) is 0 Å². The first-order chi connectivity index (χ1) is 12.5. The average Bonchev–Trinajstić information content (AvgIpc) is 3.04. The summed E-state index contributed by atoms with van der Waals surface area (Å²) in [4.78, 5) is 36.3. The highest BCUT2D eigenvalue weighted by molar-refractivity contribution is 6.12. The Kier molecular flexibility index (Phi) is 5.14. The van der Waals surface area contributed by atoms with Crippen LogP contribution in [0.1, 0.15) is 40.9 Å². The van der Waals surface area contributed by atoms with E-state index in [4.69, 9.17) is 15.2 Å². The number of nitrogens with two attached hydrogens (primary N) is 1. The van der Waals surface area contributed by atoms with Crippen molar-refractivity contribution in [1.29, 1.82) is 0 Å². The van der Waals surface area contributed by atoms with Crippen molar-refractivity contribution >= 4 is 23.2 Å². The number of carbonyl (C=O) groups is 3. The van der Waals surface area contributed by atoms with Gasteiger partial charge in [0.25, 0.3) is 0 Å². The smallest absolute Gasteiger partial charge is 0.343 e. The van der Waals surface area contributed by atoms with Crippen LogP contribution in [0.25, 0.3) is 0 Å². The van der Waals surface area contributed by atoms with Crippen LogP contribution >= 0.6 is 0 Å². The van der Waals surface area contributed by atoms with Crippen molar-refractivity contribution in [2.24, 2.45) is 0 Å². The molecule has 0 aliphatic carbocycles. The maximum Gasteiger partial charge on any atom is 0.343 e. The summed E-state index contributed by atoms with van der Waals surface area (Å²) in [6.45, 7) is 1.86. The molecule has 6 heteroatoms. The molecule has 2 atom stereocenters. The van der Waals surface area contributed by atoms with Crippen molar-refractivity contribution < 1.29 is 23.9 Å². The Morgan fingerprint density at radius 1 is 1.15 bits per heavy atom. The molecule has 0 saturated carbocycles. The van der Waals surface area contributed by atoms with Crippen LogP contribution in [0.2, 0.25) is 0 Å². The van der Waals surface area contributed by atoms with Gasteiger partial charge in [-0.3, -0.25) is 9.59 Å². The molecule has 0 aromatic heterocycles. The molecule has 2 N–H and O–H groups in total. The lowest BCUT2D eigenvalue weighted by molar-refractivity contribution is -0.158. The first kappa shape index (κ1) is 17.8. The Morgan fingerprint density at radius 3 is 2.50 bits per heavy atom. The molecule has 1 unspecified atom stereocenters. The molecule has 3 rings (SSSR count). The monoisotopic (exact) mass is 353 g/mol. The van der Waals surface area contributed by atoms with E-state index < -0.39 is 18.2 Å². The fourth-order valence-electron chi connectivity index (χ4n) is 2.89. The predicted octanol–water partition coefficient (Wildman–Crippen LogP) is 2.46. The fourth-order valence-corrected chi connectivity index (χ4v) is 2.89. The lowest BCUT2D eigenvalue weighted by Gasteiger charge is -2.12. The molecule has 1 heterocycles. The SMILES string of the molecule is CCOC(=O)C1O[C@@H](c2ccc(C(=O)c3ccccc3N)cc2)CC1=O. The van der Waals surface area contributed by atoms with Gasteiger partial charge in [-0.15, -0.1) is 0 Å². The molecule has 1 aliphatic rings. The highest BCUT2D eigenvalue weighted by Gasteiger charge is 2.40. The van der Waals surface area contributed by atoms with Crippen LogP contribution in [0.15, 0.2) is 48.5 Å². The molecule has 0 spiro atoms. The number of nitrogen functional groups attached to an aromatic ring is 1. The summed E-state index contributed by atoms with van der Waals surface area (Å²) in [6, 6.07) is 13.6. The zero-order valence-electron chi connectivity index (χ0n) is 14.3. The molecular weight excluding hydrogens is 334 g/mol. The van der Waals surface area contributed by atoms with Gasteiger partial charge in [0.05, 0.1) is 12.7 Å². The highest BCUT2D eigenvalue weighted by Crippen LogP contribution is 2.31. The molecule has 1 aliphatic heterocycles. The van der Waals surface area contributed by atoms with Crippen molar-refractivity contribution in [3.05, 3.63) is 65.2 Å². The lowest BCUT2D eigenvalue weighted by atomic mass is 9.98. The Hall–Kier alpha value is -2.99. The summed E-state index contributed by atoms with van der Waals surface area (Å²) in [7, 11) is 0. The number of ether oxygens (including phenoxy) is 2. The van der Waals surface area contributed by atoms with E-state index >= 15 is 0 Å². The zero-order valence-corrected chi connectivity index (χ0v) is 14.3. The summed E-state index contributed by atoms with van der Waals surface area (Å²) in [5.74, 6) is -1.14. The number of rotatable bonds is 5. The molecule has 0 radical (unpaired) electrons. The topological polar surface area (TPSA) is 95.7 Å². The van der Waals surface area contributed by atoms with Gasteiger partial charge in [0.1, 0.15) is 0 Å². The number of carbonyl (C=O) groups excluding carboxylic acids is 3. The standard InChI is InChI=1S/C20H19NO5/c1-2-25-20(24)19-16(22)11-17(26-19)12-7-9-13(10-8-12)18(23)14-5-3-4-6-15(14)21/h3-10,17,19H,2,11,21H2,1H3/t17-,19?/m1/s1. The van der Waals surface area contributed by atoms with Crippen LogP contribution in [0, 0.1) is 0 Å². The lowest BCUT2D eigenvalue weighted by Crippen LogP contribution is -2.28. The van der Waals surface area contributed by atoms with Gasteiger partial charge in [-0.1, -0.05) is 36.4 Å². The molecule has 6 nitrogen and oxygen atoms in total. The molecule has 1 saturated heterocycles. The van der Waals surface area contributed by atoms with Gasteiger partial charge >= 0.3 is 5.97 Å². The first-order valence-corrected chi connectivity index (χ1v) is 8.35. The summed E-state index contributed by atoms with van der Waals surface area (Å²) < 4.78 is 10.4. The Morgan fingerprint density at radius 2 is 1.85 bits per heavy atom. The highest BCUT2D eigenvalue weighted by atomic mass is 16.6. The number of hydrogen-bond acceptors (Lipinski definition) is 6. The molecule has 26 heavy (non-hydrogen) atoms. The number of para-hydroxylation sites is 1. The number of anilines is 1. The van der Waals surface area contributed by atoms with E-state index in [1.807, 2.05) is 0 Å². The van der Waals surface area contributed by atoms with Gasteiger partial charge in [0, 0.05) is 23.2 Å². The first-order valence-electron chi connectivity index (χ1n) is 8.35. The maximum absolute atomic E-state index is 12.5. The number of esters is 1. The molecule has 1 fully saturated rings. The molecule has 2 aromatic rings. The van der Waals surface area contributed by atoms with E-state index in [-0.39, 0.29) is 24.6 Å². The number of benzene rings is 2. The minimum atomic E-state index is -1.18. The van der Waals surface area contributed by atoms with Crippen molar-refractivity contribution in [2.75, 3.05) is 12.3 Å². The van der Waals surface area contributed by atoms with Crippen LogP contribution in [-0.2, 0) is 19.1 Å². The molecule has 0 bridgehead atoms. The van der Waals surface area contributed by atoms with Crippen molar-refractivity contribution in [2.45, 2.75) is 25.6 Å². The Labute approximate surface area is 150 Å². The largest absolute Gasteiger partial charge is 0.464 e. The third-order valence-electron chi connectivity index (χ3n) is 4.23. The van der Waals surface area contributed by atoms with Crippen molar-refractivity contribution in [3.8, 4) is 0 Å². The fraction of sp³-hybridized carbons (Fsp3) is 0.250. The third kappa shape index (κ3) is 3.50. The molecule has 2 aromatic carbocycles. The van der Waals surface area contributed by atoms with Gasteiger partial charge in [0.2, 0.25) is 6.10 Å². The van der Waals surface area contributed by atoms with E-state index in [1.54, 1.807) is 55.5 Å². The summed E-state index contributed by atoms with van der Waals surface area (Å²) in [6.07, 6.45) is -1.60. The van der Waals surface area contributed by atoms with E-state index in [9.17, 15) is 14.4 Å². The Bertz CT molecular complexity index is 844. The second-order valence-corrected chi connectivity index (χ2v) is 5.97. The number of Topliss-reactive ketones (excluding diaryl/α,β-unsaturated/α-hetero) is 1. The zero-order chi connectivity index (χ0) is 18.7. The second kappa shape index (κ2) is 7.49. The van der Waals surface area contributed by atoms with Gasteiger partial charge in [0.15, 0.2) is 11.6 Å². The van der Waals surface area contributed by atoms with Crippen LogP contribution < -0.4 is 5.73 Å². The van der Waals surface area contributed by atoms with Gasteiger partial charge in [-0.25, -0.2) is 4.79 Å². The quantitative estimate of drug-likeness (QED) is 0.384. The Balaban J connectivity index is 1.74. The summed E-state index contributed by atoms with van der Waals surface area (Å²) >= 11 is 0. The van der Waals surface area contributed by atoms with E-state index in [1.165, 1.54) is 0 Å². The normalized spacial score (nSPS) is 19.3. The summed E-state index contributed by atoms with van der Waals surface area (Å²) in [5.41, 5.74) is 7.92. The minimum Gasteiger partial charge on any atom is -0.464 e. The number of hydrogen-bond donors (Lipinski definition) is 1. The van der Waals surface area contributed by atoms with Crippen LogP contribution in [-0.4, -0.2) is 30.2 Å². The van der Waals surface area contributed by atoms with Crippen LogP contribution in [0.4, 0.5) is 5.69 Å². The average molecular weight is 353 g/mol. The van der Waals surface area contributed by atoms with Gasteiger partial charge < -0.3 is 15.2 Å². The number of ketones is 2. The van der Waals surface area contributed by atoms with Crippen molar-refractivity contribution in [1.82, 2.24) is 0 Å². The van der Waals surface area contributed by atoms with Crippen molar-refractivity contribution in [3.63, 3.8) is 0 Å². The second-order valence-electron chi connectivity index (χ2n) is 5.97.